The third kappa shape index (κ3) is 2.64. The van der Waals surface area contributed by atoms with Gasteiger partial charge in [-0.25, -0.2) is 4.68 Å². The number of amides is 1. The Hall–Kier alpha value is -2.99. The summed E-state index contributed by atoms with van der Waals surface area (Å²) in [6.45, 7) is 3.09. The van der Waals surface area contributed by atoms with Gasteiger partial charge in [0.2, 0.25) is 0 Å². The lowest BCUT2D eigenvalue weighted by Gasteiger charge is -2.21. The molecule has 0 aliphatic carbocycles. The molecule has 0 saturated carbocycles. The van der Waals surface area contributed by atoms with Gasteiger partial charge in [0.05, 0.1) is 41.9 Å². The topological polar surface area (TPSA) is 60.3 Å². The fraction of sp³-hybridized carbons (Fsp3) is 0.286. The van der Waals surface area contributed by atoms with Gasteiger partial charge in [-0.2, -0.15) is 0 Å². The predicted molar refractivity (Wildman–Crippen MR) is 99.5 cm³/mol. The molecule has 5 rings (SSSR count). The first-order valence-corrected chi connectivity index (χ1v) is 9.19. The van der Waals surface area contributed by atoms with E-state index in [1.807, 2.05) is 52.9 Å². The van der Waals surface area contributed by atoms with Gasteiger partial charge < -0.3 is 9.64 Å². The van der Waals surface area contributed by atoms with E-state index < -0.39 is 0 Å². The molecule has 3 heterocycles. The lowest BCUT2D eigenvalue weighted by molar-refractivity contribution is 0.0437. The second kappa shape index (κ2) is 6.32. The largest absolute Gasteiger partial charge is 0.372 e. The summed E-state index contributed by atoms with van der Waals surface area (Å²) < 4.78 is 7.95. The van der Waals surface area contributed by atoms with E-state index in [9.17, 15) is 4.79 Å². The summed E-state index contributed by atoms with van der Waals surface area (Å²) >= 11 is 0. The number of carbonyl (C=O) groups excluding carboxylic acids is 1. The van der Waals surface area contributed by atoms with Crippen molar-refractivity contribution in [3.8, 4) is 5.69 Å². The molecule has 6 heteroatoms. The minimum Gasteiger partial charge on any atom is -0.372 e. The predicted octanol–water partition coefficient (Wildman–Crippen LogP) is 3.06. The summed E-state index contributed by atoms with van der Waals surface area (Å²) in [5.74, 6) is 0.0458. The Morgan fingerprint density at radius 3 is 2.85 bits per heavy atom. The van der Waals surface area contributed by atoms with Crippen LogP contribution in [0.15, 0.2) is 54.7 Å². The maximum absolute atomic E-state index is 13.3. The van der Waals surface area contributed by atoms with Crippen molar-refractivity contribution in [3.63, 3.8) is 0 Å². The maximum Gasteiger partial charge on any atom is 0.256 e. The molecule has 2 aromatic carbocycles. The molecule has 27 heavy (non-hydrogen) atoms. The second-order valence-corrected chi connectivity index (χ2v) is 7.17. The molecule has 136 valence electrons. The number of aromatic nitrogens is 3. The molecule has 2 aliphatic rings. The molecule has 3 aromatic rings. The van der Waals surface area contributed by atoms with Crippen molar-refractivity contribution in [1.82, 2.24) is 19.9 Å². The van der Waals surface area contributed by atoms with Gasteiger partial charge in [0.25, 0.3) is 5.91 Å². The molecule has 2 aliphatic heterocycles. The van der Waals surface area contributed by atoms with Crippen molar-refractivity contribution < 1.29 is 9.53 Å². The highest BCUT2D eigenvalue weighted by Crippen LogP contribution is 2.39. The Labute approximate surface area is 157 Å². The molecule has 0 radical (unpaired) electrons. The van der Waals surface area contributed by atoms with Crippen molar-refractivity contribution in [1.29, 1.82) is 0 Å². The minimum absolute atomic E-state index is 0.00641. The van der Waals surface area contributed by atoms with Crippen LogP contribution in [0.2, 0.25) is 0 Å². The van der Waals surface area contributed by atoms with Crippen LogP contribution in [0.3, 0.4) is 0 Å². The van der Waals surface area contributed by atoms with Crippen LogP contribution < -0.4 is 0 Å². The first-order valence-electron chi connectivity index (χ1n) is 9.19. The number of rotatable bonds is 3. The highest BCUT2D eigenvalue weighted by molar-refractivity contribution is 6.00. The molecule has 2 atom stereocenters. The molecule has 1 amide bonds. The van der Waals surface area contributed by atoms with Gasteiger partial charge >= 0.3 is 0 Å². The first kappa shape index (κ1) is 16.2. The summed E-state index contributed by atoms with van der Waals surface area (Å²) in [5, 5.41) is 8.37. The Kier molecular flexibility index (Phi) is 3.79. The second-order valence-electron chi connectivity index (χ2n) is 7.17. The zero-order chi connectivity index (χ0) is 18.4. The molecule has 0 N–H and O–H groups in total. The van der Waals surface area contributed by atoms with Crippen molar-refractivity contribution in [2.45, 2.75) is 32.1 Å². The van der Waals surface area contributed by atoms with Gasteiger partial charge in [-0.1, -0.05) is 47.7 Å². The van der Waals surface area contributed by atoms with Gasteiger partial charge in [-0.3, -0.25) is 4.79 Å². The van der Waals surface area contributed by atoms with E-state index in [1.54, 1.807) is 6.20 Å². The van der Waals surface area contributed by atoms with E-state index >= 15 is 0 Å². The number of hydrogen-bond acceptors (Lipinski definition) is 4. The number of aryl methyl sites for hydroxylation is 1. The number of nitrogens with zero attached hydrogens (tertiary/aromatic N) is 4. The summed E-state index contributed by atoms with van der Waals surface area (Å²) in [4.78, 5) is 15.3. The highest BCUT2D eigenvalue weighted by Gasteiger charge is 2.42. The summed E-state index contributed by atoms with van der Waals surface area (Å²) in [6.07, 6.45) is 2.51. The van der Waals surface area contributed by atoms with Crippen molar-refractivity contribution in [2.24, 2.45) is 0 Å². The molecular weight excluding hydrogens is 340 g/mol. The smallest absolute Gasteiger partial charge is 0.256 e. The van der Waals surface area contributed by atoms with Gasteiger partial charge in [0, 0.05) is 13.0 Å². The monoisotopic (exact) mass is 360 g/mol. The third-order valence-electron chi connectivity index (χ3n) is 5.46. The SMILES string of the molecule is Cc1cccc2c1C(=O)N1C[C@H](OCc3ccccc3)C[C@H]1c1cnnn1-2. The van der Waals surface area contributed by atoms with Gasteiger partial charge in [0.1, 0.15) is 0 Å². The van der Waals surface area contributed by atoms with Crippen LogP contribution in [-0.4, -0.2) is 38.4 Å². The van der Waals surface area contributed by atoms with Crippen LogP contribution in [0.1, 0.15) is 39.6 Å². The van der Waals surface area contributed by atoms with Crippen molar-refractivity contribution in [3.05, 3.63) is 77.1 Å². The van der Waals surface area contributed by atoms with E-state index in [2.05, 4.69) is 22.4 Å². The fourth-order valence-electron chi connectivity index (χ4n) is 4.12. The third-order valence-corrected chi connectivity index (χ3v) is 5.46. The van der Waals surface area contributed by atoms with Crippen molar-refractivity contribution >= 4 is 5.91 Å². The highest BCUT2D eigenvalue weighted by atomic mass is 16.5. The van der Waals surface area contributed by atoms with Gasteiger partial charge in [-0.05, 0) is 24.1 Å². The average molecular weight is 360 g/mol. The fourth-order valence-corrected chi connectivity index (χ4v) is 4.12. The zero-order valence-electron chi connectivity index (χ0n) is 15.1. The quantitative estimate of drug-likeness (QED) is 0.720. The average Bonchev–Trinajstić information content (AvgIpc) is 3.31. The molecule has 0 spiro atoms. The molecule has 0 bridgehead atoms. The van der Waals surface area contributed by atoms with Crippen LogP contribution in [0.5, 0.6) is 0 Å². The number of ether oxygens (including phenoxy) is 1. The lowest BCUT2D eigenvalue weighted by atomic mass is 10.1. The van der Waals surface area contributed by atoms with Crippen LogP contribution in [-0.2, 0) is 11.3 Å². The Morgan fingerprint density at radius 1 is 1.15 bits per heavy atom. The summed E-state index contributed by atoms with van der Waals surface area (Å²) in [6, 6.07) is 15.9. The number of carbonyl (C=O) groups is 1. The van der Waals surface area contributed by atoms with Gasteiger partial charge in [-0.15, -0.1) is 5.10 Å². The van der Waals surface area contributed by atoms with E-state index in [1.165, 1.54) is 0 Å². The van der Waals surface area contributed by atoms with Gasteiger partial charge in [0.15, 0.2) is 0 Å². The minimum atomic E-state index is -0.0694. The Balaban J connectivity index is 1.46. The van der Waals surface area contributed by atoms with E-state index in [0.717, 1.165) is 28.9 Å². The molecule has 1 fully saturated rings. The zero-order valence-corrected chi connectivity index (χ0v) is 15.1. The van der Waals surface area contributed by atoms with Crippen molar-refractivity contribution in [2.75, 3.05) is 6.54 Å². The number of fused-ring (bicyclic) bond motifs is 5. The van der Waals surface area contributed by atoms with Crippen LogP contribution >= 0.6 is 0 Å². The number of hydrogen-bond donors (Lipinski definition) is 0. The molecule has 0 unspecified atom stereocenters. The molecule has 1 saturated heterocycles. The van der Waals surface area contributed by atoms with Crippen LogP contribution in [0.25, 0.3) is 5.69 Å². The Bertz CT molecular complexity index is 998. The van der Waals surface area contributed by atoms with E-state index in [0.29, 0.717) is 18.7 Å². The van der Waals surface area contributed by atoms with Crippen LogP contribution in [0.4, 0.5) is 0 Å². The normalized spacial score (nSPS) is 20.8. The lowest BCUT2D eigenvalue weighted by Crippen LogP contribution is -2.31. The summed E-state index contributed by atoms with van der Waals surface area (Å²) in [5.41, 5.74) is 4.55. The maximum atomic E-state index is 13.3. The number of benzene rings is 2. The summed E-state index contributed by atoms with van der Waals surface area (Å²) in [7, 11) is 0. The van der Waals surface area contributed by atoms with E-state index in [-0.39, 0.29) is 18.1 Å². The van der Waals surface area contributed by atoms with Crippen LogP contribution in [0, 0.1) is 6.92 Å². The molecule has 1 aromatic heterocycles. The molecule has 6 nitrogen and oxygen atoms in total. The Morgan fingerprint density at radius 2 is 2.00 bits per heavy atom. The standard InChI is InChI=1S/C21H20N4O2/c1-14-6-5-9-17-20(14)21(26)24-12-16(27-13-15-7-3-2-4-8-15)10-18(24)19-11-22-23-25(17)19/h2-9,11,16,18H,10,12-13H2,1H3/t16-,18+/m1/s1. The first-order chi connectivity index (χ1) is 13.2. The van der Waals surface area contributed by atoms with E-state index in [4.69, 9.17) is 4.74 Å². The molecular formula is C21H20N4O2.